The summed E-state index contributed by atoms with van der Waals surface area (Å²) in [6.45, 7) is 21.8. The zero-order valence-corrected chi connectivity index (χ0v) is 48.8. The van der Waals surface area contributed by atoms with Crippen molar-refractivity contribution in [1.29, 1.82) is 0 Å². The molecule has 1 saturated heterocycles. The van der Waals surface area contributed by atoms with Crippen LogP contribution >= 0.6 is 0 Å². The first-order valence-electron chi connectivity index (χ1n) is 27.9. The van der Waals surface area contributed by atoms with Crippen LogP contribution in [0, 0.1) is 23.2 Å². The van der Waals surface area contributed by atoms with E-state index in [4.69, 9.17) is 27.8 Å². The van der Waals surface area contributed by atoms with Gasteiger partial charge >= 0.3 is 0 Å². The van der Waals surface area contributed by atoms with Gasteiger partial charge in [0.05, 0.1) is 51.7 Å². The number of Topliss-reactive ketones (excluding diaryl/α,β-unsaturated/α-hetero) is 1. The summed E-state index contributed by atoms with van der Waals surface area (Å²) >= 11 is 0. The second-order valence-electron chi connectivity index (χ2n) is 24.1. The zero-order valence-electron chi connectivity index (χ0n) is 46.8. The number of ether oxygens (including phenoxy) is 4. The van der Waals surface area contributed by atoms with Gasteiger partial charge in [-0.3, -0.25) is 4.79 Å². The molecule has 1 aliphatic heterocycles. The molecule has 400 valence electrons. The van der Waals surface area contributed by atoms with Crippen LogP contribution in [0.4, 0.5) is 0 Å². The molecule has 2 aliphatic carbocycles. The fourth-order valence-electron chi connectivity index (χ4n) is 12.8. The van der Waals surface area contributed by atoms with E-state index in [-0.39, 0.29) is 27.7 Å². The highest BCUT2D eigenvalue weighted by molar-refractivity contribution is 7.00. The minimum Gasteiger partial charge on any atom is -0.497 e. The summed E-state index contributed by atoms with van der Waals surface area (Å²) in [5, 5.41) is 4.32. The molecular formula is C66H86O7Si2. The average molecular weight is 1050 g/mol. The molecule has 2 fully saturated rings. The molecule has 0 N–H and O–H groups in total. The summed E-state index contributed by atoms with van der Waals surface area (Å²) in [6.07, 6.45) is 13.1. The standard InChI is InChI=1S/C66H86O7Si2/c1-11-12-13-14-15-20-29-51-44-59-62(69-46-50-38-40-52(68-10)41-39-50)61(60(67)42-43-66(59)48-70-65(8,9)71-49-66)58(51)45-53(73-75(64(5,6)7,56-34-25-18-26-35-56)57-36-27-19-28-37-57)47-72-74(63(2,3)4,54-30-21-16-22-31-54)55-32-23-17-24-33-55/h11-12,16-19,21-28,30-41,44,51,53,58,61-62H,13-15,20,29,42-43,45-49H2,1-10H3/b12-11+/t51-,53-,58+,61+,62?/m0/s1. The van der Waals surface area contributed by atoms with Crippen molar-refractivity contribution < 1.29 is 32.6 Å². The summed E-state index contributed by atoms with van der Waals surface area (Å²) in [4.78, 5) is 15.7. The number of fused-ring (bicyclic) bond motifs is 3. The smallest absolute Gasteiger partial charge is 0.261 e. The third-order valence-corrected chi connectivity index (χ3v) is 26.8. The minimum absolute atomic E-state index is 0.0690. The largest absolute Gasteiger partial charge is 0.497 e. The summed E-state index contributed by atoms with van der Waals surface area (Å²) in [5.74, 6) is -0.144. The highest BCUT2D eigenvalue weighted by Gasteiger charge is 2.58. The minimum atomic E-state index is -3.20. The Labute approximate surface area is 452 Å². The fourth-order valence-corrected chi connectivity index (χ4v) is 22.1. The molecule has 5 atom stereocenters. The maximum absolute atomic E-state index is 15.7. The molecular weight excluding hydrogens is 961 g/mol. The Balaban J connectivity index is 1.31. The summed E-state index contributed by atoms with van der Waals surface area (Å²) in [7, 11) is -4.59. The van der Waals surface area contributed by atoms with Crippen molar-refractivity contribution in [2.24, 2.45) is 23.2 Å². The van der Waals surface area contributed by atoms with Crippen molar-refractivity contribution in [3.8, 4) is 5.75 Å². The third kappa shape index (κ3) is 12.4. The summed E-state index contributed by atoms with van der Waals surface area (Å²) in [5.41, 5.74) is 1.69. The van der Waals surface area contributed by atoms with Crippen LogP contribution in [0.15, 0.2) is 169 Å². The van der Waals surface area contributed by atoms with E-state index in [0.29, 0.717) is 45.7 Å². The normalized spacial score (nSPS) is 21.4. The molecule has 7 nitrogen and oxygen atoms in total. The molecule has 1 heterocycles. The summed E-state index contributed by atoms with van der Waals surface area (Å²) < 4.78 is 42.5. The molecule has 1 unspecified atom stereocenters. The van der Waals surface area contributed by atoms with Crippen molar-refractivity contribution in [2.75, 3.05) is 26.9 Å². The predicted octanol–water partition coefficient (Wildman–Crippen LogP) is 12.9. The van der Waals surface area contributed by atoms with Gasteiger partial charge in [0.25, 0.3) is 16.6 Å². The van der Waals surface area contributed by atoms with Gasteiger partial charge in [0.15, 0.2) is 5.79 Å². The van der Waals surface area contributed by atoms with Crippen LogP contribution in [-0.4, -0.2) is 67.3 Å². The molecule has 75 heavy (non-hydrogen) atoms. The van der Waals surface area contributed by atoms with E-state index in [1.54, 1.807) is 7.11 Å². The van der Waals surface area contributed by atoms with Gasteiger partial charge in [-0.25, -0.2) is 0 Å². The first-order chi connectivity index (χ1) is 36.0. The first-order valence-corrected chi connectivity index (χ1v) is 31.7. The number of methoxy groups -OCH3 is 1. The molecule has 0 radical (unpaired) electrons. The van der Waals surface area contributed by atoms with E-state index in [1.165, 1.54) is 26.3 Å². The third-order valence-electron chi connectivity index (χ3n) is 16.7. The SMILES string of the molecule is C/C=C/CCCCC[C@H]1C=C2C(OCc3ccc(OC)cc3)[C@@H](C(=O)CCC23COC(C)(C)OC3)[C@@H]1C[C@@H](CO[Si](c1ccccc1)(c1ccccc1)C(C)(C)C)O[Si](c1ccccc1)(c1ccccc1)C(C)(C)C. The van der Waals surface area contributed by atoms with Crippen molar-refractivity contribution >= 4 is 43.2 Å². The molecule has 0 aromatic heterocycles. The number of benzene rings is 5. The van der Waals surface area contributed by atoms with E-state index < -0.39 is 46.0 Å². The number of carbonyl (C=O) groups is 1. The molecule has 1 spiro atoms. The predicted molar refractivity (Wildman–Crippen MR) is 311 cm³/mol. The van der Waals surface area contributed by atoms with Gasteiger partial charge < -0.3 is 27.8 Å². The lowest BCUT2D eigenvalue weighted by molar-refractivity contribution is -0.281. The molecule has 5 aromatic carbocycles. The number of carbonyl (C=O) groups excluding carboxylic acids is 1. The lowest BCUT2D eigenvalue weighted by Crippen LogP contribution is -2.69. The number of allylic oxidation sites excluding steroid dienone is 3. The van der Waals surface area contributed by atoms with E-state index >= 15 is 4.79 Å². The maximum atomic E-state index is 15.7. The Kier molecular flexibility index (Phi) is 18.3. The first kappa shape index (κ1) is 56.5. The van der Waals surface area contributed by atoms with Gasteiger partial charge in [-0.15, -0.1) is 0 Å². The molecule has 0 amide bonds. The van der Waals surface area contributed by atoms with Crippen molar-refractivity contribution in [3.63, 3.8) is 0 Å². The monoisotopic (exact) mass is 1050 g/mol. The Morgan fingerprint density at radius 2 is 1.21 bits per heavy atom. The van der Waals surface area contributed by atoms with Gasteiger partial charge in [-0.1, -0.05) is 206 Å². The average Bonchev–Trinajstić information content (AvgIpc) is 3.50. The molecule has 1 saturated carbocycles. The van der Waals surface area contributed by atoms with E-state index in [0.717, 1.165) is 43.4 Å². The van der Waals surface area contributed by atoms with E-state index in [9.17, 15) is 0 Å². The quantitative estimate of drug-likeness (QED) is 0.0412. The van der Waals surface area contributed by atoms with Crippen LogP contribution in [0.1, 0.15) is 119 Å². The highest BCUT2D eigenvalue weighted by atomic mass is 28.4. The Morgan fingerprint density at radius 1 is 0.693 bits per heavy atom. The topological polar surface area (TPSA) is 72.5 Å². The van der Waals surface area contributed by atoms with Crippen molar-refractivity contribution in [1.82, 2.24) is 0 Å². The van der Waals surface area contributed by atoms with Crippen molar-refractivity contribution in [3.05, 3.63) is 175 Å². The van der Waals surface area contributed by atoms with E-state index in [2.05, 4.69) is 200 Å². The van der Waals surface area contributed by atoms with E-state index in [1.807, 2.05) is 26.0 Å². The van der Waals surface area contributed by atoms with Gasteiger partial charge in [-0.2, -0.15) is 0 Å². The van der Waals surface area contributed by atoms with Crippen LogP contribution in [0.25, 0.3) is 0 Å². The molecule has 3 aliphatic rings. The maximum Gasteiger partial charge on any atom is 0.261 e. The number of hydrogen-bond donors (Lipinski definition) is 0. The Hall–Kier alpha value is -4.72. The van der Waals surface area contributed by atoms with Crippen LogP contribution in [0.3, 0.4) is 0 Å². The van der Waals surface area contributed by atoms with Gasteiger partial charge in [0.2, 0.25) is 0 Å². The molecule has 9 heteroatoms. The van der Waals surface area contributed by atoms with Gasteiger partial charge in [0.1, 0.15) is 11.5 Å². The lowest BCUT2D eigenvalue weighted by atomic mass is 9.63. The molecule has 2 bridgehead atoms. The number of ketones is 1. The highest BCUT2D eigenvalue weighted by Crippen LogP contribution is 2.54. The van der Waals surface area contributed by atoms with Gasteiger partial charge in [0, 0.05) is 11.8 Å². The summed E-state index contributed by atoms with van der Waals surface area (Å²) in [6, 6.07) is 52.0. The van der Waals surface area contributed by atoms with Crippen LogP contribution in [0.5, 0.6) is 5.75 Å². The fraction of sp³-hybridized carbons (Fsp3) is 0.470. The molecule has 5 aromatic rings. The van der Waals surface area contributed by atoms with Crippen LogP contribution in [-0.2, 0) is 34.5 Å². The second kappa shape index (κ2) is 24.3. The number of rotatable bonds is 21. The lowest BCUT2D eigenvalue weighted by Gasteiger charge is -2.50. The van der Waals surface area contributed by atoms with Crippen LogP contribution < -0.4 is 25.5 Å². The second-order valence-corrected chi connectivity index (χ2v) is 32.7. The Morgan fingerprint density at radius 3 is 1.71 bits per heavy atom. The number of hydrogen-bond acceptors (Lipinski definition) is 7. The number of unbranched alkanes of at least 4 members (excludes halogenated alkanes) is 3. The zero-order chi connectivity index (χ0) is 53.3. The van der Waals surface area contributed by atoms with Crippen LogP contribution in [0.2, 0.25) is 10.1 Å². The van der Waals surface area contributed by atoms with Crippen molar-refractivity contribution in [2.45, 2.75) is 148 Å². The molecule has 8 rings (SSSR count). The van der Waals surface area contributed by atoms with Gasteiger partial charge in [-0.05, 0) is 119 Å². The Bertz CT molecular complexity index is 2550.